The summed E-state index contributed by atoms with van der Waals surface area (Å²) in [5.74, 6) is 0.944. The van der Waals surface area contributed by atoms with E-state index < -0.39 is 0 Å². The highest BCUT2D eigenvalue weighted by Gasteiger charge is 2.09. The van der Waals surface area contributed by atoms with Crippen molar-refractivity contribution in [3.05, 3.63) is 29.8 Å². The molecule has 1 saturated heterocycles. The maximum absolute atomic E-state index is 11.5. The maximum atomic E-state index is 11.5. The molecule has 4 nitrogen and oxygen atoms in total. The average molecular weight is 342 g/mol. The van der Waals surface area contributed by atoms with E-state index in [2.05, 4.69) is 4.90 Å². The molecule has 0 atom stereocenters. The van der Waals surface area contributed by atoms with E-state index in [1.807, 2.05) is 31.2 Å². The van der Waals surface area contributed by atoms with E-state index in [9.17, 15) is 4.79 Å². The van der Waals surface area contributed by atoms with Crippen LogP contribution >= 0.6 is 12.4 Å². The molecule has 0 bridgehead atoms. The molecule has 1 aliphatic rings. The zero-order valence-electron chi connectivity index (χ0n) is 14.0. The smallest absolute Gasteiger partial charge is 0.162 e. The molecule has 130 valence electrons. The number of carbonyl (C=O) groups excluding carboxylic acids is 1. The van der Waals surface area contributed by atoms with Crippen molar-refractivity contribution < 1.29 is 14.3 Å². The lowest BCUT2D eigenvalue weighted by Gasteiger charge is -2.26. The van der Waals surface area contributed by atoms with Crippen molar-refractivity contribution in [2.45, 2.75) is 32.6 Å². The number of benzene rings is 1. The molecule has 0 saturated carbocycles. The first-order chi connectivity index (χ1) is 10.8. The Morgan fingerprint density at radius 3 is 2.39 bits per heavy atom. The van der Waals surface area contributed by atoms with Gasteiger partial charge in [0, 0.05) is 18.5 Å². The highest BCUT2D eigenvalue weighted by atomic mass is 35.5. The fourth-order valence-electron chi connectivity index (χ4n) is 2.64. The standard InChI is InChI=1S/C18H27NO3.ClH/c1-2-18(20)16-6-8-17(9-7-16)22-15-14-21-13-12-19-10-4-3-5-11-19;/h6-9H,2-5,10-15H2,1H3;1H. The summed E-state index contributed by atoms with van der Waals surface area (Å²) in [5.41, 5.74) is 0.743. The molecule has 0 aromatic heterocycles. The van der Waals surface area contributed by atoms with Crippen LogP contribution in [0.15, 0.2) is 24.3 Å². The molecule has 1 heterocycles. The molecule has 2 rings (SSSR count). The second-order valence-electron chi connectivity index (χ2n) is 5.66. The first-order valence-corrected chi connectivity index (χ1v) is 8.35. The summed E-state index contributed by atoms with van der Waals surface area (Å²) in [5, 5.41) is 0. The molecule has 23 heavy (non-hydrogen) atoms. The Balaban J connectivity index is 0.00000264. The number of rotatable bonds is 9. The molecule has 1 aliphatic heterocycles. The largest absolute Gasteiger partial charge is 0.491 e. The van der Waals surface area contributed by atoms with Crippen LogP contribution in [-0.2, 0) is 4.74 Å². The number of halogens is 1. The number of ketones is 1. The van der Waals surface area contributed by atoms with E-state index in [0.717, 1.165) is 24.5 Å². The molecule has 1 aromatic rings. The Kier molecular flexibility index (Phi) is 9.92. The zero-order valence-corrected chi connectivity index (χ0v) is 14.8. The number of piperidine rings is 1. The maximum Gasteiger partial charge on any atom is 0.162 e. The van der Waals surface area contributed by atoms with Gasteiger partial charge in [0.2, 0.25) is 0 Å². The summed E-state index contributed by atoms with van der Waals surface area (Å²) in [7, 11) is 0. The van der Waals surface area contributed by atoms with Gasteiger partial charge in [0.25, 0.3) is 0 Å². The molecule has 1 aromatic carbocycles. The topological polar surface area (TPSA) is 38.8 Å². The van der Waals surface area contributed by atoms with Crippen molar-refractivity contribution >= 4 is 18.2 Å². The van der Waals surface area contributed by atoms with Crippen LogP contribution in [0.2, 0.25) is 0 Å². The van der Waals surface area contributed by atoms with Crippen molar-refractivity contribution in [3.8, 4) is 5.75 Å². The Bertz CT molecular complexity index is 444. The van der Waals surface area contributed by atoms with Gasteiger partial charge < -0.3 is 14.4 Å². The van der Waals surface area contributed by atoms with E-state index in [-0.39, 0.29) is 18.2 Å². The van der Waals surface area contributed by atoms with Gasteiger partial charge >= 0.3 is 0 Å². The fourth-order valence-corrected chi connectivity index (χ4v) is 2.64. The third-order valence-corrected chi connectivity index (χ3v) is 3.99. The zero-order chi connectivity index (χ0) is 15.6. The van der Waals surface area contributed by atoms with Gasteiger partial charge in [0.1, 0.15) is 12.4 Å². The van der Waals surface area contributed by atoms with Crippen LogP contribution < -0.4 is 4.74 Å². The Morgan fingerprint density at radius 2 is 1.74 bits per heavy atom. The molecule has 0 spiro atoms. The molecule has 0 radical (unpaired) electrons. The molecule has 1 fully saturated rings. The number of likely N-dealkylation sites (tertiary alicyclic amines) is 1. The average Bonchev–Trinajstić information content (AvgIpc) is 2.58. The van der Waals surface area contributed by atoms with Crippen molar-refractivity contribution in [2.75, 3.05) is 39.5 Å². The summed E-state index contributed by atoms with van der Waals surface area (Å²) in [6, 6.07) is 7.32. The first kappa shape index (κ1) is 19.9. The number of Topliss-reactive ketones (excluding diaryl/α,β-unsaturated/α-hetero) is 1. The second-order valence-corrected chi connectivity index (χ2v) is 5.66. The molecular formula is C18H28ClNO3. The molecule has 0 unspecified atom stereocenters. The number of ether oxygens (including phenoxy) is 2. The van der Waals surface area contributed by atoms with Crippen LogP contribution in [0.3, 0.4) is 0 Å². The van der Waals surface area contributed by atoms with E-state index in [1.54, 1.807) is 0 Å². The Hall–Kier alpha value is -1.10. The second kappa shape index (κ2) is 11.4. The van der Waals surface area contributed by atoms with Gasteiger partial charge in [-0.15, -0.1) is 12.4 Å². The summed E-state index contributed by atoms with van der Waals surface area (Å²) < 4.78 is 11.2. The first-order valence-electron chi connectivity index (χ1n) is 8.35. The monoisotopic (exact) mass is 341 g/mol. The van der Waals surface area contributed by atoms with Gasteiger partial charge in [-0.2, -0.15) is 0 Å². The number of nitrogens with zero attached hydrogens (tertiary/aromatic N) is 1. The van der Waals surface area contributed by atoms with Crippen LogP contribution in [-0.4, -0.2) is 50.1 Å². The minimum absolute atomic E-state index is 0. The van der Waals surface area contributed by atoms with Gasteiger partial charge in [0.15, 0.2) is 5.78 Å². The van der Waals surface area contributed by atoms with E-state index >= 15 is 0 Å². The normalized spacial score (nSPS) is 15.0. The third kappa shape index (κ3) is 7.34. The number of hydrogen-bond acceptors (Lipinski definition) is 4. The highest BCUT2D eigenvalue weighted by molar-refractivity contribution is 5.95. The van der Waals surface area contributed by atoms with Crippen molar-refractivity contribution in [3.63, 3.8) is 0 Å². The van der Waals surface area contributed by atoms with Crippen LogP contribution in [0.4, 0.5) is 0 Å². The van der Waals surface area contributed by atoms with Crippen LogP contribution in [0, 0.1) is 0 Å². The molecule has 5 heteroatoms. The predicted molar refractivity (Wildman–Crippen MR) is 94.9 cm³/mol. The number of carbonyl (C=O) groups is 1. The highest BCUT2D eigenvalue weighted by Crippen LogP contribution is 2.13. The van der Waals surface area contributed by atoms with Gasteiger partial charge in [-0.3, -0.25) is 4.79 Å². The summed E-state index contributed by atoms with van der Waals surface area (Å²) in [6.07, 6.45) is 4.54. The van der Waals surface area contributed by atoms with Crippen molar-refractivity contribution in [1.82, 2.24) is 4.90 Å². The van der Waals surface area contributed by atoms with E-state index in [4.69, 9.17) is 9.47 Å². The molecule has 0 amide bonds. The Morgan fingerprint density at radius 1 is 1.04 bits per heavy atom. The van der Waals surface area contributed by atoms with Gasteiger partial charge in [-0.05, 0) is 50.2 Å². The summed E-state index contributed by atoms with van der Waals surface area (Å²) in [6.45, 7) is 7.23. The minimum Gasteiger partial charge on any atom is -0.491 e. The lowest BCUT2D eigenvalue weighted by Crippen LogP contribution is -2.32. The SMILES string of the molecule is CCC(=O)c1ccc(OCCOCCN2CCCCC2)cc1.Cl. The van der Waals surface area contributed by atoms with Crippen molar-refractivity contribution in [2.24, 2.45) is 0 Å². The van der Waals surface area contributed by atoms with Crippen LogP contribution in [0.25, 0.3) is 0 Å². The lowest BCUT2D eigenvalue weighted by molar-refractivity contribution is 0.0750. The molecule has 0 N–H and O–H groups in total. The fraction of sp³-hybridized carbons (Fsp3) is 0.611. The van der Waals surface area contributed by atoms with Gasteiger partial charge in [-0.1, -0.05) is 13.3 Å². The third-order valence-electron chi connectivity index (χ3n) is 3.99. The summed E-state index contributed by atoms with van der Waals surface area (Å²) >= 11 is 0. The summed E-state index contributed by atoms with van der Waals surface area (Å²) in [4.78, 5) is 14.0. The van der Waals surface area contributed by atoms with E-state index in [0.29, 0.717) is 19.6 Å². The predicted octanol–water partition coefficient (Wildman–Crippen LogP) is 3.58. The van der Waals surface area contributed by atoms with Gasteiger partial charge in [-0.25, -0.2) is 0 Å². The Labute approximate surface area is 145 Å². The molecular weight excluding hydrogens is 314 g/mol. The lowest BCUT2D eigenvalue weighted by atomic mass is 10.1. The number of hydrogen-bond donors (Lipinski definition) is 0. The van der Waals surface area contributed by atoms with E-state index in [1.165, 1.54) is 32.4 Å². The van der Waals surface area contributed by atoms with Crippen LogP contribution in [0.1, 0.15) is 43.0 Å². The van der Waals surface area contributed by atoms with Gasteiger partial charge in [0.05, 0.1) is 13.2 Å². The molecule has 0 aliphatic carbocycles. The quantitative estimate of drug-likeness (QED) is 0.508. The minimum atomic E-state index is 0. The van der Waals surface area contributed by atoms with Crippen molar-refractivity contribution in [1.29, 1.82) is 0 Å². The van der Waals surface area contributed by atoms with Crippen LogP contribution in [0.5, 0.6) is 5.75 Å².